The molecule has 0 bridgehead atoms. The summed E-state index contributed by atoms with van der Waals surface area (Å²) >= 11 is 0. The molecule has 4 nitrogen and oxygen atoms in total. The van der Waals surface area contributed by atoms with Crippen molar-refractivity contribution in [3.63, 3.8) is 0 Å². The van der Waals surface area contributed by atoms with Crippen molar-refractivity contribution in [3.8, 4) is 0 Å². The molecule has 0 saturated carbocycles. The topological polar surface area (TPSA) is 67.5 Å². The lowest BCUT2D eigenvalue weighted by atomic mass is 10.2. The summed E-state index contributed by atoms with van der Waals surface area (Å²) in [5.74, 6) is 0. The fourth-order valence-electron chi connectivity index (χ4n) is 0.634. The molecule has 12 heavy (non-hydrogen) atoms. The maximum atomic E-state index is 10.2. The fraction of sp³-hybridized carbons (Fsp3) is 0.500. The number of nitrogens with one attached hydrogen (secondary N) is 1. The number of nitrogens with zero attached hydrogens (tertiary/aromatic N) is 1. The number of hydrogen-bond acceptors (Lipinski definition) is 2. The highest BCUT2D eigenvalue weighted by molar-refractivity contribution is 5.93. The molecule has 0 aliphatic rings. The number of carbonyl (C=O) groups excluding carboxylic acids is 1. The molecule has 0 aliphatic carbocycles. The number of rotatable bonds is 3. The Kier molecular flexibility index (Phi) is 4.76. The van der Waals surface area contributed by atoms with E-state index < -0.39 is 6.03 Å². The van der Waals surface area contributed by atoms with Crippen LogP contribution in [0.25, 0.3) is 0 Å². The van der Waals surface area contributed by atoms with Crippen LogP contribution in [-0.4, -0.2) is 11.7 Å². The van der Waals surface area contributed by atoms with Gasteiger partial charge in [0.1, 0.15) is 0 Å². The minimum atomic E-state index is -0.642. The second-order valence-corrected chi connectivity index (χ2v) is 2.57. The lowest BCUT2D eigenvalue weighted by Gasteiger charge is -1.96. The Balaban J connectivity index is 4.10. The highest BCUT2D eigenvalue weighted by atomic mass is 16.2. The molecule has 0 aromatic heterocycles. The van der Waals surface area contributed by atoms with E-state index in [0.29, 0.717) is 0 Å². The van der Waals surface area contributed by atoms with Crippen LogP contribution in [0.15, 0.2) is 16.8 Å². The van der Waals surface area contributed by atoms with Crippen LogP contribution in [0.2, 0.25) is 0 Å². The van der Waals surface area contributed by atoms with Gasteiger partial charge in [0, 0.05) is 0 Å². The van der Waals surface area contributed by atoms with E-state index >= 15 is 0 Å². The second-order valence-electron chi connectivity index (χ2n) is 2.57. The Bertz CT molecular complexity index is 218. The first-order chi connectivity index (χ1) is 5.56. The number of amides is 2. The molecule has 0 aliphatic heterocycles. The van der Waals surface area contributed by atoms with Crippen molar-refractivity contribution in [3.05, 3.63) is 11.6 Å². The third-order valence-electron chi connectivity index (χ3n) is 1.36. The summed E-state index contributed by atoms with van der Waals surface area (Å²) in [4.78, 5) is 10.2. The quantitative estimate of drug-likeness (QED) is 0.486. The summed E-state index contributed by atoms with van der Waals surface area (Å²) in [5.41, 5.74) is 8.94. The monoisotopic (exact) mass is 169 g/mol. The zero-order valence-corrected chi connectivity index (χ0v) is 7.72. The maximum absolute atomic E-state index is 10.2. The minimum Gasteiger partial charge on any atom is -0.350 e. The first-order valence-electron chi connectivity index (χ1n) is 3.83. The van der Waals surface area contributed by atoms with E-state index in [1.807, 2.05) is 13.0 Å². The Morgan fingerprint density at radius 3 is 2.58 bits per heavy atom. The number of primary amides is 1. The molecule has 0 unspecified atom stereocenters. The van der Waals surface area contributed by atoms with Gasteiger partial charge in [-0.2, -0.15) is 5.10 Å². The van der Waals surface area contributed by atoms with Gasteiger partial charge in [-0.1, -0.05) is 12.5 Å². The molecule has 0 fully saturated rings. The smallest absolute Gasteiger partial charge is 0.332 e. The van der Waals surface area contributed by atoms with Gasteiger partial charge in [0.15, 0.2) is 0 Å². The molecule has 0 spiro atoms. The molecule has 2 amide bonds. The van der Waals surface area contributed by atoms with Crippen LogP contribution in [0.3, 0.4) is 0 Å². The predicted molar refractivity (Wildman–Crippen MR) is 49.9 cm³/mol. The van der Waals surface area contributed by atoms with E-state index in [1.54, 1.807) is 6.92 Å². The minimum absolute atomic E-state index is 0.642. The average Bonchev–Trinajstić information content (AvgIpc) is 2.00. The second kappa shape index (κ2) is 5.35. The first kappa shape index (κ1) is 10.7. The molecule has 0 aromatic carbocycles. The van der Waals surface area contributed by atoms with Crippen LogP contribution >= 0.6 is 0 Å². The zero-order valence-electron chi connectivity index (χ0n) is 7.72. The van der Waals surface area contributed by atoms with Gasteiger partial charge in [-0.25, -0.2) is 10.2 Å². The standard InChI is InChI=1S/C8H15N3O/c1-4-6(2)5-7(3)10-11-8(9)12/h5H,4H2,1-3H3,(H3,9,11,12)/b6-5+,10-7+. The largest absolute Gasteiger partial charge is 0.350 e. The van der Waals surface area contributed by atoms with Gasteiger partial charge in [0.25, 0.3) is 0 Å². The number of carbonyl (C=O) groups is 1. The van der Waals surface area contributed by atoms with E-state index in [-0.39, 0.29) is 0 Å². The lowest BCUT2D eigenvalue weighted by Crippen LogP contribution is -2.25. The molecule has 0 atom stereocenters. The summed E-state index contributed by atoms with van der Waals surface area (Å²) in [5, 5.41) is 3.73. The Hall–Kier alpha value is -1.32. The Morgan fingerprint density at radius 1 is 1.58 bits per heavy atom. The van der Waals surface area contributed by atoms with Crippen molar-refractivity contribution in [2.45, 2.75) is 27.2 Å². The van der Waals surface area contributed by atoms with Crippen LogP contribution in [0.5, 0.6) is 0 Å². The van der Waals surface area contributed by atoms with Crippen molar-refractivity contribution in [1.29, 1.82) is 0 Å². The molecule has 0 saturated heterocycles. The Morgan fingerprint density at radius 2 is 2.17 bits per heavy atom. The van der Waals surface area contributed by atoms with Crippen molar-refractivity contribution in [1.82, 2.24) is 5.43 Å². The van der Waals surface area contributed by atoms with E-state index in [4.69, 9.17) is 5.73 Å². The highest BCUT2D eigenvalue weighted by Crippen LogP contribution is 1.97. The summed E-state index contributed by atoms with van der Waals surface area (Å²) in [7, 11) is 0. The lowest BCUT2D eigenvalue weighted by molar-refractivity contribution is 0.249. The number of urea groups is 1. The predicted octanol–water partition coefficient (Wildman–Crippen LogP) is 1.39. The Labute approximate surface area is 72.5 Å². The van der Waals surface area contributed by atoms with Crippen LogP contribution in [-0.2, 0) is 0 Å². The van der Waals surface area contributed by atoms with Gasteiger partial charge in [-0.05, 0) is 26.3 Å². The molecule has 0 rings (SSSR count). The number of hydrazone groups is 1. The molecule has 4 heteroatoms. The number of hydrogen-bond donors (Lipinski definition) is 2. The van der Waals surface area contributed by atoms with E-state index in [1.165, 1.54) is 5.57 Å². The third kappa shape index (κ3) is 5.46. The van der Waals surface area contributed by atoms with E-state index in [9.17, 15) is 4.79 Å². The van der Waals surface area contributed by atoms with Gasteiger partial charge < -0.3 is 5.73 Å². The van der Waals surface area contributed by atoms with Crippen LogP contribution in [0, 0.1) is 0 Å². The van der Waals surface area contributed by atoms with Gasteiger partial charge in [-0.15, -0.1) is 0 Å². The molecule has 3 N–H and O–H groups in total. The maximum Gasteiger partial charge on any atom is 0.332 e. The van der Waals surface area contributed by atoms with Crippen molar-refractivity contribution < 1.29 is 4.79 Å². The molecule has 0 radical (unpaired) electrons. The molecule has 68 valence electrons. The van der Waals surface area contributed by atoms with Crippen molar-refractivity contribution in [2.24, 2.45) is 10.8 Å². The molecular formula is C8H15N3O. The van der Waals surface area contributed by atoms with Gasteiger partial charge in [0.2, 0.25) is 0 Å². The molecular weight excluding hydrogens is 154 g/mol. The number of nitrogens with two attached hydrogens (primary N) is 1. The van der Waals surface area contributed by atoms with E-state index in [0.717, 1.165) is 12.1 Å². The van der Waals surface area contributed by atoms with Crippen molar-refractivity contribution in [2.75, 3.05) is 0 Å². The normalized spacial score (nSPS) is 12.9. The van der Waals surface area contributed by atoms with Gasteiger partial charge >= 0.3 is 6.03 Å². The van der Waals surface area contributed by atoms with Crippen LogP contribution in [0.4, 0.5) is 4.79 Å². The first-order valence-corrected chi connectivity index (χ1v) is 3.83. The van der Waals surface area contributed by atoms with Gasteiger partial charge in [0.05, 0.1) is 5.71 Å². The van der Waals surface area contributed by atoms with Crippen LogP contribution < -0.4 is 11.2 Å². The number of allylic oxidation sites excluding steroid dienone is 2. The third-order valence-corrected chi connectivity index (χ3v) is 1.36. The van der Waals surface area contributed by atoms with Gasteiger partial charge in [-0.3, -0.25) is 0 Å². The summed E-state index contributed by atoms with van der Waals surface area (Å²) < 4.78 is 0. The zero-order chi connectivity index (χ0) is 9.56. The van der Waals surface area contributed by atoms with Crippen LogP contribution in [0.1, 0.15) is 27.2 Å². The summed E-state index contributed by atoms with van der Waals surface area (Å²) in [6.07, 6.45) is 2.87. The summed E-state index contributed by atoms with van der Waals surface area (Å²) in [6.45, 7) is 5.86. The summed E-state index contributed by atoms with van der Waals surface area (Å²) in [6, 6.07) is -0.642. The molecule has 0 heterocycles. The average molecular weight is 169 g/mol. The van der Waals surface area contributed by atoms with E-state index in [2.05, 4.69) is 17.5 Å². The molecule has 0 aromatic rings. The highest BCUT2D eigenvalue weighted by Gasteiger charge is 1.89. The van der Waals surface area contributed by atoms with Crippen molar-refractivity contribution >= 4 is 11.7 Å². The fourth-order valence-corrected chi connectivity index (χ4v) is 0.634. The SMILES string of the molecule is CC/C(C)=C/C(C)=N/NC(N)=O.